The summed E-state index contributed by atoms with van der Waals surface area (Å²) in [6.45, 7) is 3.07. The zero-order valence-corrected chi connectivity index (χ0v) is 20.6. The molecule has 3 atom stereocenters. The number of carbonyl (C=O) groups excluding carboxylic acids is 1. The molecule has 36 heavy (non-hydrogen) atoms. The molecule has 3 aliphatic rings. The predicted octanol–water partition coefficient (Wildman–Crippen LogP) is 4.50. The van der Waals surface area contributed by atoms with Crippen molar-refractivity contribution in [3.05, 3.63) is 64.5 Å². The number of rotatable bonds is 3. The Balaban J connectivity index is 1.47. The van der Waals surface area contributed by atoms with Gasteiger partial charge in [0.25, 0.3) is 5.92 Å². The number of hydrogen-bond acceptors (Lipinski definition) is 6. The van der Waals surface area contributed by atoms with Crippen molar-refractivity contribution < 1.29 is 18.0 Å². The van der Waals surface area contributed by atoms with Gasteiger partial charge >= 0.3 is 0 Å². The van der Waals surface area contributed by atoms with E-state index in [0.717, 1.165) is 22.9 Å². The number of nitrogens with zero attached hydrogens (tertiary/aromatic N) is 4. The third kappa shape index (κ3) is 3.86. The molecule has 1 aromatic heterocycles. The number of carbonyl (C=O) groups is 1. The fourth-order valence-electron chi connectivity index (χ4n) is 5.36. The molecule has 1 spiro atoms. The van der Waals surface area contributed by atoms with Gasteiger partial charge in [-0.1, -0.05) is 30.8 Å². The topological polar surface area (TPSA) is 95.4 Å². The number of alkyl halides is 2. The Morgan fingerprint density at radius 2 is 2.11 bits per heavy atom. The van der Waals surface area contributed by atoms with Crippen molar-refractivity contribution in [2.75, 3.05) is 13.1 Å². The molecule has 3 heterocycles. The van der Waals surface area contributed by atoms with Crippen LogP contribution in [0.3, 0.4) is 0 Å². The van der Waals surface area contributed by atoms with E-state index in [2.05, 4.69) is 4.98 Å². The van der Waals surface area contributed by atoms with Crippen LogP contribution in [0.1, 0.15) is 48.2 Å². The molecule has 1 aromatic carbocycles. The summed E-state index contributed by atoms with van der Waals surface area (Å²) in [6.07, 6.45) is 2.86. The van der Waals surface area contributed by atoms with E-state index in [9.17, 15) is 18.0 Å². The normalized spacial score (nSPS) is 28.8. The van der Waals surface area contributed by atoms with Crippen LogP contribution >= 0.6 is 11.8 Å². The van der Waals surface area contributed by atoms with Gasteiger partial charge in [-0.05, 0) is 47.9 Å². The highest BCUT2D eigenvalue weighted by Crippen LogP contribution is 2.57. The first kappa shape index (κ1) is 24.4. The summed E-state index contributed by atoms with van der Waals surface area (Å²) >= 11 is 1.12. The van der Waals surface area contributed by atoms with Crippen LogP contribution in [0.5, 0.6) is 0 Å². The minimum Gasteiger partial charge on any atom is -0.378 e. The lowest BCUT2D eigenvalue weighted by Gasteiger charge is -2.53. The second-order valence-electron chi connectivity index (χ2n) is 9.77. The van der Waals surface area contributed by atoms with Crippen molar-refractivity contribution in [2.45, 2.75) is 42.9 Å². The first-order valence-electron chi connectivity index (χ1n) is 11.6. The number of thioether (sulfide) groups is 1. The summed E-state index contributed by atoms with van der Waals surface area (Å²) in [5, 5.41) is 9.14. The van der Waals surface area contributed by atoms with Crippen LogP contribution in [0.15, 0.2) is 41.5 Å². The highest BCUT2D eigenvalue weighted by Gasteiger charge is 2.60. The van der Waals surface area contributed by atoms with Crippen LogP contribution in [0, 0.1) is 17.2 Å². The number of likely N-dealkylation sites (tertiary alicyclic amines) is 1. The maximum absolute atomic E-state index is 14.9. The summed E-state index contributed by atoms with van der Waals surface area (Å²) in [4.78, 5) is 23.5. The van der Waals surface area contributed by atoms with E-state index in [1.54, 1.807) is 13.0 Å². The van der Waals surface area contributed by atoms with E-state index < -0.39 is 28.6 Å². The van der Waals surface area contributed by atoms with Gasteiger partial charge in [0.05, 0.1) is 23.3 Å². The monoisotopic (exact) mass is 511 g/mol. The summed E-state index contributed by atoms with van der Waals surface area (Å²) in [5.41, 5.74) is 8.31. The van der Waals surface area contributed by atoms with Crippen molar-refractivity contribution >= 4 is 34.7 Å². The first-order chi connectivity index (χ1) is 17.0. The smallest absolute Gasteiger partial charge is 0.267 e. The third-order valence-corrected chi connectivity index (χ3v) is 8.79. The molecule has 0 bridgehead atoms. The molecule has 2 N–H and O–H groups in total. The molecule has 5 rings (SSSR count). The highest BCUT2D eigenvalue weighted by molar-refractivity contribution is 8.15. The first-order valence-corrected chi connectivity index (χ1v) is 12.4. The van der Waals surface area contributed by atoms with E-state index in [-0.39, 0.29) is 35.7 Å². The minimum atomic E-state index is -2.88. The molecular weight excluding hydrogens is 487 g/mol. The van der Waals surface area contributed by atoms with Crippen LogP contribution in [0.4, 0.5) is 13.2 Å². The number of aliphatic imine (C=N–C) groups is 1. The molecule has 0 unspecified atom stereocenters. The van der Waals surface area contributed by atoms with E-state index >= 15 is 0 Å². The van der Waals surface area contributed by atoms with Gasteiger partial charge < -0.3 is 10.6 Å². The largest absolute Gasteiger partial charge is 0.378 e. The number of pyridine rings is 1. The Morgan fingerprint density at radius 3 is 2.75 bits per heavy atom. The van der Waals surface area contributed by atoms with Gasteiger partial charge in [0.1, 0.15) is 16.6 Å². The number of halogens is 3. The number of amidine groups is 1. The van der Waals surface area contributed by atoms with E-state index in [1.807, 2.05) is 25.1 Å². The predicted molar refractivity (Wildman–Crippen MR) is 133 cm³/mol. The lowest BCUT2D eigenvalue weighted by Crippen LogP contribution is -2.60. The fourth-order valence-corrected chi connectivity index (χ4v) is 6.59. The number of nitrogens with two attached hydrogens (primary N) is 1. The second kappa shape index (κ2) is 8.37. The Morgan fingerprint density at radius 1 is 1.33 bits per heavy atom. The zero-order chi connectivity index (χ0) is 25.9. The number of nitriles is 1. The van der Waals surface area contributed by atoms with Crippen molar-refractivity contribution in [1.82, 2.24) is 9.88 Å². The molecule has 10 heteroatoms. The van der Waals surface area contributed by atoms with Gasteiger partial charge in [0.15, 0.2) is 5.17 Å². The average Bonchev–Trinajstić information content (AvgIpc) is 3.21. The molecule has 186 valence electrons. The lowest BCUT2D eigenvalue weighted by molar-refractivity contribution is -0.136. The van der Waals surface area contributed by atoms with E-state index in [4.69, 9.17) is 16.0 Å². The maximum atomic E-state index is 14.9. The quantitative estimate of drug-likeness (QED) is 0.655. The van der Waals surface area contributed by atoms with Crippen LogP contribution in [-0.4, -0.2) is 44.7 Å². The Hall–Kier alpha value is -3.32. The number of aromatic nitrogens is 1. The molecule has 1 fully saturated rings. The van der Waals surface area contributed by atoms with Crippen LogP contribution in [0.2, 0.25) is 0 Å². The number of amides is 1. The van der Waals surface area contributed by atoms with Gasteiger partial charge in [0, 0.05) is 31.5 Å². The minimum absolute atomic E-state index is 0.00688. The van der Waals surface area contributed by atoms with Gasteiger partial charge in [0.2, 0.25) is 5.91 Å². The van der Waals surface area contributed by atoms with E-state index in [1.165, 1.54) is 29.3 Å². The van der Waals surface area contributed by atoms with Gasteiger partial charge in [-0.2, -0.15) is 5.26 Å². The third-order valence-electron chi connectivity index (χ3n) is 7.54. The van der Waals surface area contributed by atoms with E-state index in [0.29, 0.717) is 17.5 Å². The molecule has 2 aliphatic heterocycles. The summed E-state index contributed by atoms with van der Waals surface area (Å²) < 4.78 is 41.5. The van der Waals surface area contributed by atoms with Gasteiger partial charge in [-0.3, -0.25) is 14.8 Å². The fraction of sp³-hybridized carbons (Fsp3) is 0.385. The van der Waals surface area contributed by atoms with Crippen molar-refractivity contribution in [1.29, 1.82) is 5.26 Å². The van der Waals surface area contributed by atoms with Crippen LogP contribution in [0.25, 0.3) is 11.9 Å². The summed E-state index contributed by atoms with van der Waals surface area (Å²) in [7, 11) is 0. The molecule has 0 saturated carbocycles. The zero-order valence-electron chi connectivity index (χ0n) is 19.8. The van der Waals surface area contributed by atoms with Gasteiger partial charge in [-0.15, -0.1) is 0 Å². The molecule has 6 nitrogen and oxygen atoms in total. The number of fused-ring (bicyclic) bond motifs is 2. The Kier molecular flexibility index (Phi) is 5.67. The molecular formula is C26H24F3N5OS. The van der Waals surface area contributed by atoms with Gasteiger partial charge in [-0.25, -0.2) is 13.2 Å². The lowest BCUT2D eigenvalue weighted by atomic mass is 9.60. The maximum Gasteiger partial charge on any atom is 0.267 e. The summed E-state index contributed by atoms with van der Waals surface area (Å²) in [5.74, 6) is -4.15. The number of benzene rings is 1. The average molecular weight is 512 g/mol. The van der Waals surface area contributed by atoms with Crippen molar-refractivity contribution in [3.8, 4) is 6.07 Å². The molecule has 2 aromatic rings. The van der Waals surface area contributed by atoms with Crippen molar-refractivity contribution in [3.63, 3.8) is 0 Å². The summed E-state index contributed by atoms with van der Waals surface area (Å²) in [6, 6.07) is 10.4. The molecule has 0 radical (unpaired) electrons. The molecule has 1 saturated heterocycles. The molecule has 1 aliphatic carbocycles. The van der Waals surface area contributed by atoms with Crippen LogP contribution in [-0.2, 0) is 16.8 Å². The Bertz CT molecular complexity index is 1350. The standard InChI is InChI=1S/C26H24F3N5OS/c1-15-24(2,22(35)34-8-7-25(28,29)14-34)36-23(31)33-26(15)11-18-5-3-16(9-19(18)26)10-20(27)21-6-4-17(12-30)13-32-21/h3-6,9-10,13,15H,7-8,11,14H2,1-2H3,(H2,31,33)/b20-10-/t15-,24+,26+/m1/s1. The molecule has 1 amide bonds. The second-order valence-corrected chi connectivity index (χ2v) is 11.2. The Labute approximate surface area is 211 Å². The van der Waals surface area contributed by atoms with Crippen LogP contribution < -0.4 is 5.73 Å². The number of hydrogen-bond donors (Lipinski definition) is 1. The highest BCUT2D eigenvalue weighted by atomic mass is 32.2. The van der Waals surface area contributed by atoms with Crippen molar-refractivity contribution in [2.24, 2.45) is 16.6 Å². The SMILES string of the molecule is C[C@@H]1[C@@](C)(C(=O)N2CCC(F)(F)C2)SC(N)=N[C@@]12Cc1ccc(/C=C(\F)c3ccc(C#N)cn3)cc12.